The van der Waals surface area contributed by atoms with Crippen molar-refractivity contribution in [2.24, 2.45) is 0 Å². The van der Waals surface area contributed by atoms with Crippen molar-refractivity contribution < 1.29 is 9.18 Å². The maximum atomic E-state index is 13.7. The number of thiophene rings is 1. The van der Waals surface area contributed by atoms with Crippen molar-refractivity contribution in [1.82, 2.24) is 9.55 Å². The molecule has 2 aromatic carbocycles. The number of allylic oxidation sites excluding steroid dienone is 1. The monoisotopic (exact) mass is 479 g/mol. The van der Waals surface area contributed by atoms with Crippen LogP contribution < -0.4 is 10.9 Å². The first-order valence-corrected chi connectivity index (χ1v) is 12.1. The molecule has 0 bridgehead atoms. The van der Waals surface area contributed by atoms with Crippen molar-refractivity contribution in [2.45, 2.75) is 25.5 Å². The standard InChI is InChI=1S/C25H22FN3O2S2/c1-4-11-29-24(31)22-19(17-8-5-15(2)6-9-17)13-32-23(22)28-25(29)33-14-21(30)27-18-10-7-16(3)20(26)12-18/h4-10,12-13H,1,11,14H2,2-3H3,(H,27,30). The zero-order valence-electron chi connectivity index (χ0n) is 18.2. The van der Waals surface area contributed by atoms with Gasteiger partial charge in [0.15, 0.2) is 5.16 Å². The summed E-state index contributed by atoms with van der Waals surface area (Å²) in [6.07, 6.45) is 1.63. The molecular weight excluding hydrogens is 457 g/mol. The minimum atomic E-state index is -0.380. The molecule has 0 atom stereocenters. The largest absolute Gasteiger partial charge is 0.325 e. The Labute approximate surface area is 199 Å². The van der Waals surface area contributed by atoms with Crippen molar-refractivity contribution in [3.63, 3.8) is 0 Å². The Morgan fingerprint density at radius 3 is 2.70 bits per heavy atom. The molecule has 2 heterocycles. The van der Waals surface area contributed by atoms with Crippen LogP contribution in [0.3, 0.4) is 0 Å². The minimum absolute atomic E-state index is 0.0286. The van der Waals surface area contributed by atoms with Gasteiger partial charge in [0.1, 0.15) is 10.6 Å². The topological polar surface area (TPSA) is 64.0 Å². The number of aromatic nitrogens is 2. The first kappa shape index (κ1) is 22.9. The molecular formula is C25H22FN3O2S2. The van der Waals surface area contributed by atoms with Gasteiger partial charge in [-0.15, -0.1) is 17.9 Å². The lowest BCUT2D eigenvalue weighted by atomic mass is 10.1. The van der Waals surface area contributed by atoms with Crippen LogP contribution in [0.5, 0.6) is 0 Å². The highest BCUT2D eigenvalue weighted by atomic mass is 32.2. The zero-order valence-corrected chi connectivity index (χ0v) is 19.9. The molecule has 0 aliphatic carbocycles. The fourth-order valence-corrected chi connectivity index (χ4v) is 5.15. The third-order valence-corrected chi connectivity index (χ3v) is 6.97. The molecule has 8 heteroatoms. The third-order valence-electron chi connectivity index (χ3n) is 5.12. The predicted molar refractivity (Wildman–Crippen MR) is 135 cm³/mol. The number of hydrogen-bond donors (Lipinski definition) is 1. The van der Waals surface area contributed by atoms with Gasteiger partial charge in [0.05, 0.1) is 11.1 Å². The highest BCUT2D eigenvalue weighted by molar-refractivity contribution is 7.99. The second kappa shape index (κ2) is 9.72. The Morgan fingerprint density at radius 1 is 1.24 bits per heavy atom. The molecule has 0 spiro atoms. The Bertz CT molecular complexity index is 1410. The molecule has 0 saturated carbocycles. The molecule has 0 aliphatic heterocycles. The van der Waals surface area contributed by atoms with Gasteiger partial charge in [0.2, 0.25) is 5.91 Å². The lowest BCUT2D eigenvalue weighted by molar-refractivity contribution is -0.113. The van der Waals surface area contributed by atoms with E-state index in [0.717, 1.165) is 28.5 Å². The zero-order chi connectivity index (χ0) is 23.5. The van der Waals surface area contributed by atoms with Crippen LogP contribution in [0.2, 0.25) is 0 Å². The van der Waals surface area contributed by atoms with E-state index in [2.05, 4.69) is 16.9 Å². The molecule has 4 rings (SSSR count). The van der Waals surface area contributed by atoms with E-state index in [1.165, 1.54) is 22.0 Å². The van der Waals surface area contributed by atoms with Crippen LogP contribution >= 0.6 is 23.1 Å². The van der Waals surface area contributed by atoms with E-state index in [9.17, 15) is 14.0 Å². The number of aryl methyl sites for hydroxylation is 2. The summed E-state index contributed by atoms with van der Waals surface area (Å²) >= 11 is 2.56. The fraction of sp³-hybridized carbons (Fsp3) is 0.160. The Balaban J connectivity index is 1.62. The first-order chi connectivity index (χ1) is 15.9. The number of hydrogen-bond acceptors (Lipinski definition) is 5. The molecule has 1 amide bonds. The van der Waals surface area contributed by atoms with Gasteiger partial charge < -0.3 is 5.32 Å². The second-order valence-electron chi connectivity index (χ2n) is 7.60. The fourth-order valence-electron chi connectivity index (χ4n) is 3.35. The number of nitrogens with one attached hydrogen (secondary N) is 1. The summed E-state index contributed by atoms with van der Waals surface area (Å²) < 4.78 is 15.3. The average Bonchev–Trinajstić information content (AvgIpc) is 3.22. The second-order valence-corrected chi connectivity index (χ2v) is 9.40. The van der Waals surface area contributed by atoms with Crippen molar-refractivity contribution >= 4 is 44.9 Å². The highest BCUT2D eigenvalue weighted by Gasteiger charge is 2.18. The Hall–Kier alpha value is -3.23. The number of benzene rings is 2. The molecule has 0 aliphatic rings. The summed E-state index contributed by atoms with van der Waals surface area (Å²) in [6, 6.07) is 12.6. The van der Waals surface area contributed by atoms with E-state index in [1.807, 2.05) is 36.6 Å². The number of nitrogens with zero attached hydrogens (tertiary/aromatic N) is 2. The molecule has 168 valence electrons. The van der Waals surface area contributed by atoms with Crippen LogP contribution in [-0.2, 0) is 11.3 Å². The number of halogens is 1. The van der Waals surface area contributed by atoms with Gasteiger partial charge in [-0.25, -0.2) is 9.37 Å². The maximum Gasteiger partial charge on any atom is 0.263 e. The molecule has 5 nitrogen and oxygen atoms in total. The highest BCUT2D eigenvalue weighted by Crippen LogP contribution is 2.32. The quantitative estimate of drug-likeness (QED) is 0.207. The van der Waals surface area contributed by atoms with Gasteiger partial charge in [-0.1, -0.05) is 53.7 Å². The minimum Gasteiger partial charge on any atom is -0.325 e. The molecule has 0 radical (unpaired) electrons. The van der Waals surface area contributed by atoms with Crippen molar-refractivity contribution in [1.29, 1.82) is 0 Å². The van der Waals surface area contributed by atoms with Gasteiger partial charge in [-0.05, 0) is 37.1 Å². The third kappa shape index (κ3) is 4.91. The van der Waals surface area contributed by atoms with Crippen molar-refractivity contribution in [2.75, 3.05) is 11.1 Å². The first-order valence-electron chi connectivity index (χ1n) is 10.3. The van der Waals surface area contributed by atoms with E-state index < -0.39 is 0 Å². The Morgan fingerprint density at radius 2 is 2.00 bits per heavy atom. The maximum absolute atomic E-state index is 13.7. The number of anilines is 1. The lowest BCUT2D eigenvalue weighted by Gasteiger charge is -2.11. The summed E-state index contributed by atoms with van der Waals surface area (Å²) in [5, 5.41) is 5.62. The number of carbonyl (C=O) groups excluding carboxylic acids is 1. The summed E-state index contributed by atoms with van der Waals surface area (Å²) in [5.74, 6) is -0.662. The van der Waals surface area contributed by atoms with E-state index in [4.69, 9.17) is 0 Å². The molecule has 2 aromatic heterocycles. The molecule has 0 fully saturated rings. The van der Waals surface area contributed by atoms with Crippen molar-refractivity contribution in [3.05, 3.63) is 87.8 Å². The molecule has 4 aromatic rings. The van der Waals surface area contributed by atoms with Crippen LogP contribution in [0.15, 0.2) is 70.5 Å². The van der Waals surface area contributed by atoms with E-state index in [1.54, 1.807) is 25.1 Å². The van der Waals surface area contributed by atoms with E-state index in [-0.39, 0.29) is 29.6 Å². The van der Waals surface area contributed by atoms with Crippen LogP contribution in [-0.4, -0.2) is 21.2 Å². The van der Waals surface area contributed by atoms with E-state index in [0.29, 0.717) is 26.6 Å². The number of amides is 1. The predicted octanol–water partition coefficient (Wildman–Crippen LogP) is 5.80. The molecule has 33 heavy (non-hydrogen) atoms. The number of carbonyl (C=O) groups is 1. The van der Waals surface area contributed by atoms with Gasteiger partial charge in [-0.3, -0.25) is 14.2 Å². The normalized spacial score (nSPS) is 11.0. The summed E-state index contributed by atoms with van der Waals surface area (Å²) in [4.78, 5) is 31.1. The molecule has 0 saturated heterocycles. The number of thioether (sulfide) groups is 1. The van der Waals surface area contributed by atoms with Gasteiger partial charge in [0, 0.05) is 23.2 Å². The molecule has 1 N–H and O–H groups in total. The van der Waals surface area contributed by atoms with Gasteiger partial charge >= 0.3 is 0 Å². The number of rotatable bonds is 7. The molecule has 0 unspecified atom stereocenters. The van der Waals surface area contributed by atoms with Crippen LogP contribution in [0.1, 0.15) is 11.1 Å². The summed E-state index contributed by atoms with van der Waals surface area (Å²) in [6.45, 7) is 7.71. The van der Waals surface area contributed by atoms with Crippen LogP contribution in [0.4, 0.5) is 10.1 Å². The number of fused-ring (bicyclic) bond motifs is 1. The van der Waals surface area contributed by atoms with Crippen molar-refractivity contribution in [3.8, 4) is 11.1 Å². The summed E-state index contributed by atoms with van der Waals surface area (Å²) in [7, 11) is 0. The summed E-state index contributed by atoms with van der Waals surface area (Å²) in [5.41, 5.74) is 3.68. The average molecular weight is 480 g/mol. The van der Waals surface area contributed by atoms with Gasteiger partial charge in [-0.2, -0.15) is 0 Å². The van der Waals surface area contributed by atoms with Crippen LogP contribution in [0.25, 0.3) is 21.3 Å². The Kier molecular flexibility index (Phi) is 6.76. The lowest BCUT2D eigenvalue weighted by Crippen LogP contribution is -2.23. The SMILES string of the molecule is C=CCn1c(SCC(=O)Nc2ccc(C)c(F)c2)nc2scc(-c3ccc(C)cc3)c2c1=O. The van der Waals surface area contributed by atoms with Crippen LogP contribution in [0, 0.1) is 19.7 Å². The smallest absolute Gasteiger partial charge is 0.263 e. The van der Waals surface area contributed by atoms with Gasteiger partial charge in [0.25, 0.3) is 5.56 Å². The van der Waals surface area contributed by atoms with E-state index >= 15 is 0 Å².